The molecular weight excluding hydrogens is 441 g/mol. The molecule has 0 saturated carbocycles. The molecule has 2 aromatic rings. The number of thioether (sulfide) groups is 1. The van der Waals surface area contributed by atoms with Crippen LogP contribution in [-0.2, 0) is 0 Å². The molecule has 2 fully saturated rings. The van der Waals surface area contributed by atoms with Crippen molar-refractivity contribution < 1.29 is 4.39 Å². The van der Waals surface area contributed by atoms with Gasteiger partial charge in [-0.2, -0.15) is 4.98 Å². The van der Waals surface area contributed by atoms with Gasteiger partial charge in [-0.1, -0.05) is 17.8 Å². The van der Waals surface area contributed by atoms with E-state index in [0.717, 1.165) is 35.9 Å². The number of amidine groups is 1. The van der Waals surface area contributed by atoms with E-state index in [9.17, 15) is 4.39 Å². The maximum Gasteiger partial charge on any atom is 0.229 e. The van der Waals surface area contributed by atoms with E-state index in [1.165, 1.54) is 30.8 Å². The number of fused-ring (bicyclic) bond motifs is 1. The highest BCUT2D eigenvalue weighted by Gasteiger charge is 2.43. The number of hydrogen-bond acceptors (Lipinski definition) is 10. The average Bonchev–Trinajstić information content (AvgIpc) is 3.46. The van der Waals surface area contributed by atoms with E-state index in [4.69, 9.17) is 0 Å². The van der Waals surface area contributed by atoms with Crippen LogP contribution in [0.15, 0.2) is 35.6 Å². The smallest absolute Gasteiger partial charge is 0.229 e. The van der Waals surface area contributed by atoms with Crippen molar-refractivity contribution in [2.75, 3.05) is 28.4 Å². The van der Waals surface area contributed by atoms with Crippen molar-refractivity contribution in [2.24, 2.45) is 5.10 Å². The first kappa shape index (κ1) is 22.2. The quantitative estimate of drug-likeness (QED) is 0.522. The fraction of sp³-hybridized carbons (Fsp3) is 0.500. The number of piperidine rings is 1. The number of hydrazone groups is 1. The molecule has 2 atom stereocenters. The van der Waals surface area contributed by atoms with Crippen LogP contribution in [0.1, 0.15) is 39.5 Å². The fourth-order valence-electron chi connectivity index (χ4n) is 5.23. The minimum Gasteiger partial charge on any atom is -0.365 e. The molecule has 3 aliphatic heterocycles. The molecule has 0 radical (unpaired) electrons. The summed E-state index contributed by atoms with van der Waals surface area (Å²) < 4.78 is 14.6. The molecule has 33 heavy (non-hydrogen) atoms. The average molecular weight is 472 g/mol. The van der Waals surface area contributed by atoms with E-state index in [-0.39, 0.29) is 17.4 Å². The van der Waals surface area contributed by atoms with Gasteiger partial charge in [-0.05, 0) is 70.5 Å². The van der Waals surface area contributed by atoms with Crippen LogP contribution in [0.3, 0.4) is 0 Å². The summed E-state index contributed by atoms with van der Waals surface area (Å²) in [5.74, 6) is 0.159. The molecule has 11 heteroatoms. The van der Waals surface area contributed by atoms with Crippen molar-refractivity contribution in [3.05, 3.63) is 36.3 Å². The van der Waals surface area contributed by atoms with Crippen LogP contribution in [0.5, 0.6) is 0 Å². The first-order valence-electron chi connectivity index (χ1n) is 11.3. The number of anilines is 4. The van der Waals surface area contributed by atoms with Gasteiger partial charge < -0.3 is 10.6 Å². The molecule has 1 aromatic heterocycles. The molecule has 5 rings (SSSR count). The Bertz CT molecular complexity index is 1050. The first-order chi connectivity index (χ1) is 15.9. The number of benzene rings is 1. The van der Waals surface area contributed by atoms with Gasteiger partial charge in [0, 0.05) is 23.3 Å². The monoisotopic (exact) mass is 471 g/mol. The Balaban J connectivity index is 1.30. The van der Waals surface area contributed by atoms with Crippen molar-refractivity contribution in [3.63, 3.8) is 0 Å². The summed E-state index contributed by atoms with van der Waals surface area (Å²) in [5.41, 5.74) is 7.52. The molecule has 9 nitrogen and oxygen atoms in total. The third kappa shape index (κ3) is 4.57. The van der Waals surface area contributed by atoms with Crippen LogP contribution in [0.25, 0.3) is 0 Å². The molecule has 0 bridgehead atoms. The summed E-state index contributed by atoms with van der Waals surface area (Å²) in [6.07, 6.45) is 7.59. The van der Waals surface area contributed by atoms with E-state index in [1.54, 1.807) is 0 Å². The Morgan fingerprint density at radius 2 is 2.18 bits per heavy atom. The van der Waals surface area contributed by atoms with Gasteiger partial charge in [0.15, 0.2) is 11.6 Å². The van der Waals surface area contributed by atoms with Crippen molar-refractivity contribution in [3.8, 4) is 0 Å². The maximum absolute atomic E-state index is 14.6. The fourth-order valence-corrected chi connectivity index (χ4v) is 5.70. The van der Waals surface area contributed by atoms with E-state index < -0.39 is 5.82 Å². The first-order valence-corrected chi connectivity index (χ1v) is 12.5. The van der Waals surface area contributed by atoms with Gasteiger partial charge in [0.2, 0.25) is 11.1 Å². The third-order valence-electron chi connectivity index (χ3n) is 6.59. The Labute approximate surface area is 197 Å². The predicted molar refractivity (Wildman–Crippen MR) is 132 cm³/mol. The molecule has 4 heterocycles. The zero-order valence-electron chi connectivity index (χ0n) is 19.1. The van der Waals surface area contributed by atoms with E-state index in [1.807, 2.05) is 35.5 Å². The van der Waals surface area contributed by atoms with Gasteiger partial charge in [0.25, 0.3) is 0 Å². The number of hydrazine groups is 2. The highest BCUT2D eigenvalue weighted by atomic mass is 32.2. The second-order valence-corrected chi connectivity index (χ2v) is 10.1. The Morgan fingerprint density at radius 3 is 3.03 bits per heavy atom. The van der Waals surface area contributed by atoms with Crippen molar-refractivity contribution in [2.45, 2.75) is 57.2 Å². The summed E-state index contributed by atoms with van der Waals surface area (Å²) in [4.78, 5) is 11.2. The Hall–Kier alpha value is -2.63. The number of rotatable bonds is 5. The SMILES string of the molecule is CSC1=NNNN1c1cccc(Nc2ncc(F)c(N[C@@H]3C[C@@H]4CCCN4C(C)(C)C3)n2)c1. The molecule has 176 valence electrons. The molecule has 1 aromatic carbocycles. The van der Waals surface area contributed by atoms with Crippen LogP contribution in [-0.4, -0.2) is 50.5 Å². The second-order valence-electron chi connectivity index (χ2n) is 9.31. The lowest BCUT2D eigenvalue weighted by molar-refractivity contribution is 0.0500. The number of aromatic nitrogens is 2. The Kier molecular flexibility index (Phi) is 6.02. The van der Waals surface area contributed by atoms with Crippen molar-refractivity contribution in [1.29, 1.82) is 0 Å². The summed E-state index contributed by atoms with van der Waals surface area (Å²) in [7, 11) is 0. The normalized spacial score (nSPS) is 24.2. The molecule has 0 spiro atoms. The number of hydrogen-bond donors (Lipinski definition) is 4. The van der Waals surface area contributed by atoms with Crippen LogP contribution in [0.4, 0.5) is 27.5 Å². The molecule has 2 saturated heterocycles. The molecule has 0 amide bonds. The highest BCUT2D eigenvalue weighted by Crippen LogP contribution is 2.38. The molecule has 0 unspecified atom stereocenters. The van der Waals surface area contributed by atoms with E-state index in [2.05, 4.69) is 55.5 Å². The minimum atomic E-state index is -0.436. The molecule has 3 aliphatic rings. The predicted octanol–water partition coefficient (Wildman–Crippen LogP) is 3.64. The lowest BCUT2D eigenvalue weighted by Gasteiger charge is -2.47. The van der Waals surface area contributed by atoms with Crippen molar-refractivity contribution >= 4 is 40.1 Å². The molecule has 0 aliphatic carbocycles. The summed E-state index contributed by atoms with van der Waals surface area (Å²) in [6, 6.07) is 8.49. The maximum atomic E-state index is 14.6. The summed E-state index contributed by atoms with van der Waals surface area (Å²) in [6.45, 7) is 5.73. The largest absolute Gasteiger partial charge is 0.365 e. The topological polar surface area (TPSA) is 92.7 Å². The highest BCUT2D eigenvalue weighted by molar-refractivity contribution is 8.13. The van der Waals surface area contributed by atoms with Gasteiger partial charge >= 0.3 is 0 Å². The van der Waals surface area contributed by atoms with E-state index in [0.29, 0.717) is 12.0 Å². The van der Waals surface area contributed by atoms with Gasteiger partial charge in [-0.15, -0.1) is 10.6 Å². The van der Waals surface area contributed by atoms with Crippen LogP contribution in [0.2, 0.25) is 0 Å². The number of halogens is 1. The van der Waals surface area contributed by atoms with Crippen LogP contribution in [0, 0.1) is 5.82 Å². The molecular formula is C22H30FN9S. The summed E-state index contributed by atoms with van der Waals surface area (Å²) in [5, 5.41) is 13.4. The third-order valence-corrected chi connectivity index (χ3v) is 7.23. The minimum absolute atomic E-state index is 0.0967. The standard InChI is InChI=1S/C22H30FN9S/c1-22(2)12-15(11-16-8-5-9-31(16)22)25-19-18(23)13-24-20(27-19)26-14-6-4-7-17(10-14)32-21(33-3)28-29-30-32/h4,6-7,10,13,15-16,29-30H,5,8-9,11-12H2,1-3H3,(H2,24,25,26,27)/t15-,16+/m1/s1. The Morgan fingerprint density at radius 1 is 1.30 bits per heavy atom. The zero-order chi connectivity index (χ0) is 23.0. The zero-order valence-corrected chi connectivity index (χ0v) is 19.9. The van der Waals surface area contributed by atoms with Gasteiger partial charge in [0.1, 0.15) is 0 Å². The molecule has 4 N–H and O–H groups in total. The van der Waals surface area contributed by atoms with Gasteiger partial charge in [0.05, 0.1) is 11.9 Å². The van der Waals surface area contributed by atoms with Crippen LogP contribution < -0.4 is 26.7 Å². The van der Waals surface area contributed by atoms with E-state index >= 15 is 0 Å². The lowest BCUT2D eigenvalue weighted by atomic mass is 9.84. The van der Waals surface area contributed by atoms with Gasteiger partial charge in [-0.3, -0.25) is 4.90 Å². The van der Waals surface area contributed by atoms with Gasteiger partial charge in [-0.25, -0.2) is 19.9 Å². The van der Waals surface area contributed by atoms with Crippen molar-refractivity contribution in [1.82, 2.24) is 25.9 Å². The lowest BCUT2D eigenvalue weighted by Crippen LogP contribution is -2.55. The number of nitrogens with one attached hydrogen (secondary N) is 4. The number of nitrogens with zero attached hydrogens (tertiary/aromatic N) is 5. The summed E-state index contributed by atoms with van der Waals surface area (Å²) >= 11 is 1.52. The van der Waals surface area contributed by atoms with Crippen LogP contribution >= 0.6 is 11.8 Å². The second kappa shape index (κ2) is 8.96.